The molecule has 0 radical (unpaired) electrons. The molecular weight excluding hydrogens is 813 g/mol. The van der Waals surface area contributed by atoms with Gasteiger partial charge >= 0.3 is 6.09 Å². The fraction of sp³-hybridized carbons (Fsp3) is 0.462. The van der Waals surface area contributed by atoms with Gasteiger partial charge in [-0.15, -0.1) is 6.58 Å². The van der Waals surface area contributed by atoms with Crippen LogP contribution in [0.4, 0.5) is 4.79 Å². The number of fused-ring (bicyclic) bond motifs is 4. The molecule has 2 N–H and O–H groups in total. The molecule has 4 aromatic carbocycles. The standard InChI is InChI=1S/C52H62N2O10/c1-6-26-61-52-47(54(50(57)58-7-2)32-34-18-22-45-46(27-34)60-33-59-45)31-43(53-64-51(3,4)5)41-29-37(16-10-12-24-55)40(17-11-13-25-56)48(49(41)52)42-30-39(21-23-44(42)63-52)62-38-20-19-35-14-8-9-15-36(35)28-38/h6,8-9,14-15,18-23,27-30,37,40,47-49,55-56H,1,7,10-13,16-17,24-26,31-33H2,2-5H3. The van der Waals surface area contributed by atoms with Gasteiger partial charge in [0.25, 0.3) is 0 Å². The van der Waals surface area contributed by atoms with Gasteiger partial charge in [-0.3, -0.25) is 4.90 Å². The summed E-state index contributed by atoms with van der Waals surface area (Å²) in [5, 5.41) is 27.2. The zero-order chi connectivity index (χ0) is 44.8. The summed E-state index contributed by atoms with van der Waals surface area (Å²) < 4.78 is 38.5. The lowest BCUT2D eigenvalue weighted by atomic mass is 9.55. The van der Waals surface area contributed by atoms with E-state index < -0.39 is 29.4 Å². The molecule has 4 aliphatic rings. The van der Waals surface area contributed by atoms with E-state index in [0.717, 1.165) is 53.2 Å². The third-order valence-corrected chi connectivity index (χ3v) is 12.7. The van der Waals surface area contributed by atoms with E-state index >= 15 is 0 Å². The van der Waals surface area contributed by atoms with Crippen molar-refractivity contribution in [3.63, 3.8) is 0 Å². The van der Waals surface area contributed by atoms with Gasteiger partial charge < -0.3 is 43.5 Å². The summed E-state index contributed by atoms with van der Waals surface area (Å²) in [4.78, 5) is 22.6. The van der Waals surface area contributed by atoms with Crippen LogP contribution in [0, 0.1) is 17.8 Å². The molecule has 2 aliphatic heterocycles. The number of benzene rings is 4. The Bertz CT molecular complexity index is 2350. The molecule has 6 atom stereocenters. The first kappa shape index (κ1) is 45.0. The second-order valence-electron chi connectivity index (χ2n) is 18.1. The van der Waals surface area contributed by atoms with E-state index in [1.807, 2.05) is 75.4 Å². The first-order valence-corrected chi connectivity index (χ1v) is 22.8. The van der Waals surface area contributed by atoms with E-state index in [-0.39, 0.29) is 63.9 Å². The molecule has 8 rings (SSSR count). The minimum Gasteiger partial charge on any atom is -0.459 e. The topological polar surface area (TPSA) is 138 Å². The Morgan fingerprint density at radius 2 is 1.64 bits per heavy atom. The van der Waals surface area contributed by atoms with Crippen LogP contribution in [0.3, 0.4) is 0 Å². The fourth-order valence-corrected chi connectivity index (χ4v) is 10.0. The van der Waals surface area contributed by atoms with Crippen LogP contribution in [-0.2, 0) is 20.9 Å². The molecule has 0 aromatic heterocycles. The summed E-state index contributed by atoms with van der Waals surface area (Å²) >= 11 is 0. The Balaban J connectivity index is 1.33. The average Bonchev–Trinajstić information content (AvgIpc) is 3.76. The zero-order valence-corrected chi connectivity index (χ0v) is 37.5. The summed E-state index contributed by atoms with van der Waals surface area (Å²) in [6.45, 7) is 12.5. The molecule has 2 aliphatic carbocycles. The van der Waals surface area contributed by atoms with Crippen LogP contribution in [0.25, 0.3) is 10.8 Å². The van der Waals surface area contributed by atoms with E-state index in [0.29, 0.717) is 47.3 Å². The first-order valence-electron chi connectivity index (χ1n) is 22.8. The number of aliphatic hydroxyl groups is 2. The lowest BCUT2D eigenvalue weighted by Gasteiger charge is -2.60. The van der Waals surface area contributed by atoms with Gasteiger partial charge in [-0.2, -0.15) is 0 Å². The Labute approximate surface area is 376 Å². The van der Waals surface area contributed by atoms with Crippen LogP contribution in [0.1, 0.15) is 89.7 Å². The third-order valence-electron chi connectivity index (χ3n) is 12.7. The smallest absolute Gasteiger partial charge is 0.410 e. The predicted molar refractivity (Wildman–Crippen MR) is 245 cm³/mol. The number of aliphatic hydroxyl groups excluding tert-OH is 2. The number of hydrogen-bond acceptors (Lipinski definition) is 11. The van der Waals surface area contributed by atoms with Crippen molar-refractivity contribution < 1.29 is 48.3 Å². The molecule has 12 nitrogen and oxygen atoms in total. The summed E-state index contributed by atoms with van der Waals surface area (Å²) in [6, 6.07) is 25.2. The molecule has 340 valence electrons. The average molecular weight is 875 g/mol. The summed E-state index contributed by atoms with van der Waals surface area (Å²) in [5.41, 5.74) is 2.79. The van der Waals surface area contributed by atoms with Crippen LogP contribution in [-0.4, -0.2) is 77.6 Å². The molecule has 1 fully saturated rings. The molecule has 2 heterocycles. The van der Waals surface area contributed by atoms with Gasteiger partial charge in [0.2, 0.25) is 12.6 Å². The number of carbonyl (C=O) groups excluding carboxylic acids is 1. The zero-order valence-electron chi connectivity index (χ0n) is 37.5. The van der Waals surface area contributed by atoms with Gasteiger partial charge in [0.05, 0.1) is 24.8 Å². The SMILES string of the molecule is C=CCOC12Oc3ccc(Oc4ccc5ccccc5c4)cc3C3C(CCCCO)C(CCCCO)C=C(C(=NOC(C)(C)C)CC1N(Cc1ccc4c(c1)OCO4)C(=O)OCC)C32. The number of amides is 1. The molecule has 64 heavy (non-hydrogen) atoms. The lowest BCUT2D eigenvalue weighted by molar-refractivity contribution is -0.256. The van der Waals surface area contributed by atoms with Crippen LogP contribution >= 0.6 is 0 Å². The van der Waals surface area contributed by atoms with Gasteiger partial charge in [-0.1, -0.05) is 66.5 Å². The highest BCUT2D eigenvalue weighted by atomic mass is 16.7. The number of oxime groups is 1. The molecule has 1 amide bonds. The number of rotatable bonds is 18. The highest BCUT2D eigenvalue weighted by Gasteiger charge is 2.65. The van der Waals surface area contributed by atoms with Crippen molar-refractivity contribution in [2.45, 2.75) is 103 Å². The normalized spacial score (nSPS) is 23.7. The Hall–Kier alpha value is -5.56. The summed E-state index contributed by atoms with van der Waals surface area (Å²) in [7, 11) is 0. The van der Waals surface area contributed by atoms with Gasteiger partial charge in [0.15, 0.2) is 11.5 Å². The maximum absolute atomic E-state index is 14.6. The maximum atomic E-state index is 14.6. The van der Waals surface area contributed by atoms with Crippen molar-refractivity contribution >= 4 is 22.6 Å². The molecular formula is C52H62N2O10. The summed E-state index contributed by atoms with van der Waals surface area (Å²) in [5.74, 6) is 1.15. The summed E-state index contributed by atoms with van der Waals surface area (Å²) in [6.07, 6.45) is 8.33. The van der Waals surface area contributed by atoms with Crippen molar-refractivity contribution in [3.8, 4) is 28.7 Å². The number of ether oxygens (including phenoxy) is 6. The number of unbranched alkanes of at least 4 members (excludes halogenated alkanes) is 2. The van der Waals surface area contributed by atoms with E-state index in [1.54, 1.807) is 17.9 Å². The minimum atomic E-state index is -1.46. The van der Waals surface area contributed by atoms with Crippen molar-refractivity contribution in [3.05, 3.63) is 114 Å². The Morgan fingerprint density at radius 3 is 2.41 bits per heavy atom. The van der Waals surface area contributed by atoms with Gasteiger partial charge in [-0.05, 0) is 130 Å². The predicted octanol–water partition coefficient (Wildman–Crippen LogP) is 10.5. The van der Waals surface area contributed by atoms with Crippen molar-refractivity contribution in [2.75, 3.05) is 33.2 Å². The molecule has 1 saturated carbocycles. The van der Waals surface area contributed by atoms with Gasteiger partial charge in [0.1, 0.15) is 28.9 Å². The van der Waals surface area contributed by atoms with E-state index in [9.17, 15) is 15.0 Å². The van der Waals surface area contributed by atoms with E-state index in [2.05, 4.69) is 36.9 Å². The number of hydrogen-bond donors (Lipinski definition) is 2. The molecule has 0 bridgehead atoms. The molecule has 4 aromatic rings. The van der Waals surface area contributed by atoms with Crippen molar-refractivity contribution in [1.29, 1.82) is 0 Å². The van der Waals surface area contributed by atoms with Gasteiger partial charge in [0, 0.05) is 37.7 Å². The van der Waals surface area contributed by atoms with Crippen LogP contribution in [0.15, 0.2) is 108 Å². The second-order valence-corrected chi connectivity index (χ2v) is 18.1. The molecule has 0 spiro atoms. The van der Waals surface area contributed by atoms with Crippen LogP contribution in [0.2, 0.25) is 0 Å². The van der Waals surface area contributed by atoms with E-state index in [1.165, 1.54) is 0 Å². The largest absolute Gasteiger partial charge is 0.459 e. The lowest BCUT2D eigenvalue weighted by Crippen LogP contribution is -2.70. The minimum absolute atomic E-state index is 0.0395. The maximum Gasteiger partial charge on any atom is 0.410 e. The quantitative estimate of drug-likeness (QED) is 0.0564. The molecule has 12 heteroatoms. The fourth-order valence-electron chi connectivity index (χ4n) is 10.0. The third kappa shape index (κ3) is 9.46. The Kier molecular flexibility index (Phi) is 13.8. The second kappa shape index (κ2) is 19.7. The monoisotopic (exact) mass is 874 g/mol. The first-order chi connectivity index (χ1) is 31.0. The van der Waals surface area contributed by atoms with Crippen molar-refractivity contribution in [2.24, 2.45) is 22.9 Å². The Morgan fingerprint density at radius 1 is 0.906 bits per heavy atom. The van der Waals surface area contributed by atoms with Crippen LogP contribution in [0.5, 0.6) is 28.7 Å². The van der Waals surface area contributed by atoms with Crippen LogP contribution < -0.4 is 18.9 Å². The number of nitrogens with zero attached hydrogens (tertiary/aromatic N) is 2. The van der Waals surface area contributed by atoms with Gasteiger partial charge in [-0.25, -0.2) is 4.79 Å². The van der Waals surface area contributed by atoms with E-state index in [4.69, 9.17) is 38.4 Å². The highest BCUT2D eigenvalue weighted by molar-refractivity contribution is 6.03. The molecule has 6 unspecified atom stereocenters. The number of allylic oxidation sites excluding steroid dienone is 1. The van der Waals surface area contributed by atoms with Crippen molar-refractivity contribution in [1.82, 2.24) is 4.90 Å². The molecule has 0 saturated heterocycles. The number of carbonyl (C=O) groups is 1. The highest BCUT2D eigenvalue weighted by Crippen LogP contribution is 2.62.